The van der Waals surface area contributed by atoms with Gasteiger partial charge in [-0.15, -0.1) is 0 Å². The average molecular weight is 260 g/mol. The maximum Gasteiger partial charge on any atom is 0.415 e. The van der Waals surface area contributed by atoms with Crippen molar-refractivity contribution >= 4 is 12.2 Å². The second-order valence-electron chi connectivity index (χ2n) is 3.99. The predicted octanol–water partition coefficient (Wildman–Crippen LogP) is 2.72. The molecule has 0 saturated heterocycles. The zero-order valence-corrected chi connectivity index (χ0v) is 10.1. The summed E-state index contributed by atoms with van der Waals surface area (Å²) >= 11 is 0. The summed E-state index contributed by atoms with van der Waals surface area (Å²) in [7, 11) is 0. The van der Waals surface area contributed by atoms with Gasteiger partial charge in [0.2, 0.25) is 0 Å². The molecule has 0 saturated carbocycles. The number of hydrogen-bond acceptors (Lipinski definition) is 2. The smallest absolute Gasteiger partial charge is 0.415 e. The van der Waals surface area contributed by atoms with Crippen LogP contribution in [0.5, 0.6) is 0 Å². The van der Waals surface area contributed by atoms with Gasteiger partial charge in [0, 0.05) is 24.3 Å². The molecule has 0 fully saturated rings. The molecule has 2 amide bonds. The zero-order valence-electron chi connectivity index (χ0n) is 10.1. The van der Waals surface area contributed by atoms with Crippen molar-refractivity contribution in [2.75, 3.05) is 0 Å². The van der Waals surface area contributed by atoms with Crippen molar-refractivity contribution in [3.8, 4) is 0 Å². The van der Waals surface area contributed by atoms with E-state index in [1.54, 1.807) is 31.2 Å². The largest absolute Gasteiger partial charge is 0.464 e. The second-order valence-corrected chi connectivity index (χ2v) is 3.99. The summed E-state index contributed by atoms with van der Waals surface area (Å²) in [5.41, 5.74) is 2.23. The molecule has 0 spiro atoms. The molecule has 2 rings (SSSR count). The summed E-state index contributed by atoms with van der Waals surface area (Å²) in [6.45, 7) is 1.69. The third-order valence-electron chi connectivity index (χ3n) is 2.74. The molecule has 19 heavy (non-hydrogen) atoms. The Hall–Kier alpha value is -2.76. The predicted molar refractivity (Wildman–Crippen MR) is 67.9 cm³/mol. The van der Waals surface area contributed by atoms with Crippen molar-refractivity contribution in [1.82, 2.24) is 9.80 Å². The fraction of sp³-hybridized carbons (Fsp3) is 0.0769. The molecular weight excluding hydrogens is 248 g/mol. The molecular formula is C13H12N2O4. The Kier molecular flexibility index (Phi) is 3.24. The Balaban J connectivity index is 2.26. The van der Waals surface area contributed by atoms with E-state index < -0.39 is 12.2 Å². The van der Waals surface area contributed by atoms with E-state index in [0.717, 1.165) is 20.9 Å². The SMILES string of the molecule is CC1=CC(=C2C=CN(C(=O)O)C=C2)C=CN1C(=O)O. The molecule has 0 aromatic carbocycles. The minimum Gasteiger partial charge on any atom is -0.464 e. The molecule has 0 radical (unpaired) electrons. The van der Waals surface area contributed by atoms with Crippen LogP contribution in [0.2, 0.25) is 0 Å². The van der Waals surface area contributed by atoms with E-state index in [4.69, 9.17) is 10.2 Å². The van der Waals surface area contributed by atoms with Gasteiger partial charge in [0.25, 0.3) is 0 Å². The molecule has 0 aromatic rings. The van der Waals surface area contributed by atoms with E-state index in [1.165, 1.54) is 18.6 Å². The number of carbonyl (C=O) groups is 2. The Morgan fingerprint density at radius 3 is 2.00 bits per heavy atom. The molecule has 6 nitrogen and oxygen atoms in total. The van der Waals surface area contributed by atoms with Crippen LogP contribution in [0.1, 0.15) is 6.92 Å². The van der Waals surface area contributed by atoms with E-state index in [9.17, 15) is 9.59 Å². The maximum atomic E-state index is 10.9. The first kappa shape index (κ1) is 12.7. The van der Waals surface area contributed by atoms with Crippen LogP contribution < -0.4 is 0 Å². The second kappa shape index (κ2) is 4.85. The fourth-order valence-corrected chi connectivity index (χ4v) is 1.76. The number of carboxylic acid groups (broad SMARTS) is 2. The van der Waals surface area contributed by atoms with Gasteiger partial charge in [-0.3, -0.25) is 9.80 Å². The van der Waals surface area contributed by atoms with Gasteiger partial charge in [-0.05, 0) is 42.4 Å². The first-order valence-electron chi connectivity index (χ1n) is 5.49. The zero-order chi connectivity index (χ0) is 14.0. The van der Waals surface area contributed by atoms with E-state index in [2.05, 4.69) is 0 Å². The summed E-state index contributed by atoms with van der Waals surface area (Å²) in [4.78, 5) is 23.8. The summed E-state index contributed by atoms with van der Waals surface area (Å²) in [5.74, 6) is 0. The molecule has 2 aliphatic heterocycles. The van der Waals surface area contributed by atoms with Crippen LogP contribution in [0.4, 0.5) is 9.59 Å². The lowest BCUT2D eigenvalue weighted by Crippen LogP contribution is -2.23. The van der Waals surface area contributed by atoms with E-state index in [1.807, 2.05) is 0 Å². The highest BCUT2D eigenvalue weighted by Crippen LogP contribution is 2.22. The van der Waals surface area contributed by atoms with Crippen molar-refractivity contribution in [1.29, 1.82) is 0 Å². The Bertz CT molecular complexity index is 565. The summed E-state index contributed by atoms with van der Waals surface area (Å²) < 4.78 is 0. The molecule has 0 unspecified atom stereocenters. The first-order valence-corrected chi connectivity index (χ1v) is 5.49. The van der Waals surface area contributed by atoms with Gasteiger partial charge >= 0.3 is 12.2 Å². The van der Waals surface area contributed by atoms with E-state index in [0.29, 0.717) is 5.70 Å². The third kappa shape index (κ3) is 2.57. The van der Waals surface area contributed by atoms with E-state index >= 15 is 0 Å². The van der Waals surface area contributed by atoms with Crippen molar-refractivity contribution < 1.29 is 19.8 Å². The minimum absolute atomic E-state index is 0.583. The number of amides is 2. The van der Waals surface area contributed by atoms with Crippen LogP contribution in [-0.2, 0) is 0 Å². The van der Waals surface area contributed by atoms with Crippen LogP contribution in [0.25, 0.3) is 0 Å². The van der Waals surface area contributed by atoms with Gasteiger partial charge < -0.3 is 10.2 Å². The maximum absolute atomic E-state index is 10.9. The number of hydrogen-bond donors (Lipinski definition) is 2. The highest BCUT2D eigenvalue weighted by Gasteiger charge is 2.16. The van der Waals surface area contributed by atoms with Crippen LogP contribution in [-0.4, -0.2) is 32.2 Å². The topological polar surface area (TPSA) is 81.1 Å². The monoisotopic (exact) mass is 260 g/mol. The highest BCUT2D eigenvalue weighted by molar-refractivity contribution is 5.71. The van der Waals surface area contributed by atoms with Crippen LogP contribution in [0.15, 0.2) is 59.7 Å². The van der Waals surface area contributed by atoms with Gasteiger partial charge in [-0.2, -0.15) is 0 Å². The minimum atomic E-state index is -1.06. The fourth-order valence-electron chi connectivity index (χ4n) is 1.76. The average Bonchev–Trinajstić information content (AvgIpc) is 2.38. The molecule has 0 atom stereocenters. The van der Waals surface area contributed by atoms with Crippen molar-refractivity contribution in [3.63, 3.8) is 0 Å². The Morgan fingerprint density at radius 1 is 0.947 bits per heavy atom. The number of rotatable bonds is 0. The lowest BCUT2D eigenvalue weighted by molar-refractivity contribution is 0.171. The standard InChI is InChI=1S/C13H12N2O4/c1-9-8-11(4-7-15(9)13(18)19)10-2-5-14(6-3-10)12(16)17/h2-8H,1H3,(H,16,17)(H,18,19). The lowest BCUT2D eigenvalue weighted by atomic mass is 10.0. The number of nitrogens with zero attached hydrogens (tertiary/aromatic N) is 2. The van der Waals surface area contributed by atoms with Gasteiger partial charge in [0.05, 0.1) is 0 Å². The Morgan fingerprint density at radius 2 is 1.53 bits per heavy atom. The van der Waals surface area contributed by atoms with Crippen molar-refractivity contribution in [2.24, 2.45) is 0 Å². The molecule has 2 heterocycles. The molecule has 6 heteroatoms. The third-order valence-corrected chi connectivity index (χ3v) is 2.74. The molecule has 98 valence electrons. The lowest BCUT2D eigenvalue weighted by Gasteiger charge is -2.20. The molecule has 0 aromatic heterocycles. The summed E-state index contributed by atoms with van der Waals surface area (Å²) in [5, 5.41) is 17.7. The molecule has 0 bridgehead atoms. The van der Waals surface area contributed by atoms with E-state index in [-0.39, 0.29) is 0 Å². The van der Waals surface area contributed by atoms with Crippen LogP contribution in [0, 0.1) is 0 Å². The van der Waals surface area contributed by atoms with Gasteiger partial charge in [-0.25, -0.2) is 9.59 Å². The van der Waals surface area contributed by atoms with Gasteiger partial charge in [0.15, 0.2) is 0 Å². The summed E-state index contributed by atoms with van der Waals surface area (Å²) in [6.07, 6.45) is 8.96. The first-order chi connectivity index (χ1) is 8.99. The van der Waals surface area contributed by atoms with Crippen LogP contribution >= 0.6 is 0 Å². The van der Waals surface area contributed by atoms with Gasteiger partial charge in [-0.1, -0.05) is 0 Å². The van der Waals surface area contributed by atoms with Gasteiger partial charge in [0.1, 0.15) is 0 Å². The van der Waals surface area contributed by atoms with Crippen LogP contribution in [0.3, 0.4) is 0 Å². The van der Waals surface area contributed by atoms with Crippen molar-refractivity contribution in [3.05, 3.63) is 59.7 Å². The normalized spacial score (nSPS) is 17.8. The highest BCUT2D eigenvalue weighted by atomic mass is 16.4. The Labute approximate surface area is 109 Å². The number of allylic oxidation sites excluding steroid dienone is 7. The molecule has 0 aliphatic carbocycles. The molecule has 2 aliphatic rings. The van der Waals surface area contributed by atoms with Crippen molar-refractivity contribution in [2.45, 2.75) is 6.92 Å². The quantitative estimate of drug-likeness (QED) is 0.701. The molecule has 2 N–H and O–H groups in total. The summed E-state index contributed by atoms with van der Waals surface area (Å²) in [6, 6.07) is 0.